The molecule has 1 fully saturated rings. The second-order valence-electron chi connectivity index (χ2n) is 6.14. The Kier molecular flexibility index (Phi) is 5.03. The van der Waals surface area contributed by atoms with Gasteiger partial charge in [-0.2, -0.15) is 0 Å². The second kappa shape index (κ2) is 6.79. The van der Waals surface area contributed by atoms with E-state index in [0.717, 1.165) is 6.29 Å². The molecular weight excluding hydrogens is 284 g/mol. The fourth-order valence-corrected chi connectivity index (χ4v) is 2.09. The Morgan fingerprint density at radius 1 is 1.14 bits per heavy atom. The number of ether oxygens (including phenoxy) is 1. The fraction of sp³-hybridized carbons (Fsp3) is 0.500. The summed E-state index contributed by atoms with van der Waals surface area (Å²) in [6, 6.07) is 7.07. The van der Waals surface area contributed by atoms with E-state index in [1.807, 2.05) is 26.8 Å². The lowest BCUT2D eigenvalue weighted by molar-refractivity contribution is -0.0890. The number of amides is 1. The summed E-state index contributed by atoms with van der Waals surface area (Å²) in [5.41, 5.74) is 0.0187. The van der Waals surface area contributed by atoms with Crippen LogP contribution >= 0.6 is 0 Å². The van der Waals surface area contributed by atoms with E-state index < -0.39 is 5.60 Å². The first-order valence-electron chi connectivity index (χ1n) is 7.34. The highest BCUT2D eigenvalue weighted by Gasteiger charge is 2.26. The zero-order valence-electron chi connectivity index (χ0n) is 13.2. The van der Waals surface area contributed by atoms with Crippen molar-refractivity contribution in [2.45, 2.75) is 26.4 Å². The monoisotopic (exact) mass is 306 g/mol. The van der Waals surface area contributed by atoms with Gasteiger partial charge in [-0.1, -0.05) is 12.1 Å². The molecule has 1 aromatic carbocycles. The molecule has 0 N–H and O–H groups in total. The largest absolute Gasteiger partial charge is 0.444 e. The molecule has 0 radical (unpaired) electrons. The van der Waals surface area contributed by atoms with Crippen LogP contribution in [0.15, 0.2) is 24.3 Å². The third-order valence-corrected chi connectivity index (χ3v) is 3.16. The Balaban J connectivity index is 1.87. The summed E-state index contributed by atoms with van der Waals surface area (Å²) in [4.78, 5) is 30.3. The van der Waals surface area contributed by atoms with Gasteiger partial charge in [0.2, 0.25) is 0 Å². The highest BCUT2D eigenvalue weighted by Crippen LogP contribution is 2.18. The maximum absolute atomic E-state index is 12.0. The summed E-state index contributed by atoms with van der Waals surface area (Å²) >= 11 is 0. The number of aldehydes is 1. The Hall–Kier alpha value is -2.08. The highest BCUT2D eigenvalue weighted by atomic mass is 16.7. The van der Waals surface area contributed by atoms with Crippen molar-refractivity contribution >= 4 is 12.4 Å². The number of nitrogens with zero attached hydrogens (tertiary/aromatic N) is 2. The van der Waals surface area contributed by atoms with Crippen molar-refractivity contribution in [3.05, 3.63) is 29.8 Å². The molecule has 0 spiro atoms. The van der Waals surface area contributed by atoms with Crippen molar-refractivity contribution in [2.24, 2.45) is 0 Å². The molecule has 6 heteroatoms. The first-order valence-corrected chi connectivity index (χ1v) is 7.34. The van der Waals surface area contributed by atoms with E-state index in [4.69, 9.17) is 9.57 Å². The second-order valence-corrected chi connectivity index (χ2v) is 6.14. The molecule has 22 heavy (non-hydrogen) atoms. The van der Waals surface area contributed by atoms with Crippen LogP contribution in [0, 0.1) is 0 Å². The van der Waals surface area contributed by atoms with Gasteiger partial charge in [0, 0.05) is 13.1 Å². The van der Waals surface area contributed by atoms with Crippen LogP contribution in [-0.4, -0.2) is 54.1 Å². The van der Waals surface area contributed by atoms with E-state index in [-0.39, 0.29) is 6.09 Å². The Morgan fingerprint density at radius 3 is 2.36 bits per heavy atom. The number of hydrogen-bond donors (Lipinski definition) is 0. The average molecular weight is 306 g/mol. The van der Waals surface area contributed by atoms with Crippen LogP contribution in [0.25, 0.3) is 0 Å². The summed E-state index contributed by atoms with van der Waals surface area (Å²) in [6.07, 6.45) is 0.465. The molecule has 0 bridgehead atoms. The number of rotatable bonds is 3. The topological polar surface area (TPSA) is 59.1 Å². The van der Waals surface area contributed by atoms with Gasteiger partial charge in [-0.15, -0.1) is 5.06 Å². The van der Waals surface area contributed by atoms with Crippen LogP contribution < -0.4 is 4.84 Å². The van der Waals surface area contributed by atoms with Crippen LogP contribution in [-0.2, 0) is 4.74 Å². The van der Waals surface area contributed by atoms with Crippen LogP contribution in [0.2, 0.25) is 0 Å². The first kappa shape index (κ1) is 16.3. The Bertz CT molecular complexity index is 531. The smallest absolute Gasteiger partial charge is 0.410 e. The molecule has 1 amide bonds. The molecule has 0 unspecified atom stereocenters. The van der Waals surface area contributed by atoms with Gasteiger partial charge in [0.25, 0.3) is 0 Å². The van der Waals surface area contributed by atoms with Gasteiger partial charge in [-0.3, -0.25) is 4.79 Å². The minimum absolute atomic E-state index is 0.305. The van der Waals surface area contributed by atoms with Crippen molar-refractivity contribution in [1.82, 2.24) is 9.96 Å². The molecule has 120 valence electrons. The van der Waals surface area contributed by atoms with Crippen LogP contribution in [0.3, 0.4) is 0 Å². The van der Waals surface area contributed by atoms with Crippen LogP contribution in [0.1, 0.15) is 31.1 Å². The zero-order valence-corrected chi connectivity index (χ0v) is 13.2. The molecule has 1 aliphatic rings. The van der Waals surface area contributed by atoms with E-state index in [1.54, 1.807) is 28.2 Å². The van der Waals surface area contributed by atoms with E-state index >= 15 is 0 Å². The lowest BCUT2D eigenvalue weighted by atomic mass is 10.2. The quantitative estimate of drug-likeness (QED) is 0.802. The molecule has 1 heterocycles. The normalized spacial score (nSPS) is 16.2. The van der Waals surface area contributed by atoms with Gasteiger partial charge in [0.15, 0.2) is 12.0 Å². The number of hydrogen-bond acceptors (Lipinski definition) is 5. The molecule has 0 aromatic heterocycles. The average Bonchev–Trinajstić information content (AvgIpc) is 2.47. The van der Waals surface area contributed by atoms with Gasteiger partial charge in [0.05, 0.1) is 18.7 Å². The van der Waals surface area contributed by atoms with E-state index in [9.17, 15) is 9.59 Å². The van der Waals surface area contributed by atoms with Crippen molar-refractivity contribution < 1.29 is 19.2 Å². The minimum atomic E-state index is -0.492. The first-order chi connectivity index (χ1) is 10.4. The van der Waals surface area contributed by atoms with Crippen molar-refractivity contribution in [1.29, 1.82) is 0 Å². The third-order valence-electron chi connectivity index (χ3n) is 3.16. The van der Waals surface area contributed by atoms with Gasteiger partial charge in [-0.05, 0) is 32.9 Å². The van der Waals surface area contributed by atoms with Crippen LogP contribution in [0.4, 0.5) is 4.79 Å². The summed E-state index contributed by atoms with van der Waals surface area (Å²) < 4.78 is 5.35. The molecule has 0 saturated carbocycles. The predicted octanol–water partition coefficient (Wildman–Crippen LogP) is 2.35. The molecule has 1 aliphatic heterocycles. The zero-order chi connectivity index (χ0) is 16.2. The summed E-state index contributed by atoms with van der Waals surface area (Å²) in [7, 11) is 0. The third kappa shape index (κ3) is 4.46. The summed E-state index contributed by atoms with van der Waals surface area (Å²) in [5, 5.41) is 1.75. The van der Waals surface area contributed by atoms with E-state index in [0.29, 0.717) is 37.5 Å². The van der Waals surface area contributed by atoms with Gasteiger partial charge in [0.1, 0.15) is 5.60 Å². The minimum Gasteiger partial charge on any atom is -0.444 e. The summed E-state index contributed by atoms with van der Waals surface area (Å²) in [5.74, 6) is 0.531. The van der Waals surface area contributed by atoms with Crippen molar-refractivity contribution in [3.63, 3.8) is 0 Å². The SMILES string of the molecule is CC(C)(C)OC(=O)N1CCN(Oc2ccccc2C=O)CC1. The number of carbonyl (C=O) groups is 2. The van der Waals surface area contributed by atoms with Gasteiger partial charge < -0.3 is 14.5 Å². The fourth-order valence-electron chi connectivity index (χ4n) is 2.09. The number of benzene rings is 1. The molecule has 1 saturated heterocycles. The van der Waals surface area contributed by atoms with Gasteiger partial charge in [-0.25, -0.2) is 4.79 Å². The van der Waals surface area contributed by atoms with Crippen LogP contribution in [0.5, 0.6) is 5.75 Å². The molecule has 0 aliphatic carbocycles. The Labute approximate surface area is 130 Å². The number of piperazine rings is 1. The summed E-state index contributed by atoms with van der Waals surface area (Å²) in [6.45, 7) is 7.72. The number of hydroxylamine groups is 2. The predicted molar refractivity (Wildman–Crippen MR) is 81.8 cm³/mol. The standard InChI is InChI=1S/C16H22N2O4/c1-16(2,3)21-15(20)17-8-10-18(11-9-17)22-14-7-5-4-6-13(14)12-19/h4-7,12H,8-11H2,1-3H3. The molecule has 6 nitrogen and oxygen atoms in total. The lowest BCUT2D eigenvalue weighted by Gasteiger charge is -2.35. The molecular formula is C16H22N2O4. The highest BCUT2D eigenvalue weighted by molar-refractivity contribution is 5.79. The molecule has 1 aromatic rings. The maximum atomic E-state index is 12.0. The van der Waals surface area contributed by atoms with Crippen molar-refractivity contribution in [2.75, 3.05) is 26.2 Å². The maximum Gasteiger partial charge on any atom is 0.410 e. The number of para-hydroxylation sites is 1. The Morgan fingerprint density at radius 2 is 1.77 bits per heavy atom. The van der Waals surface area contributed by atoms with Gasteiger partial charge >= 0.3 is 6.09 Å². The van der Waals surface area contributed by atoms with E-state index in [1.165, 1.54) is 0 Å². The molecule has 2 rings (SSSR count). The van der Waals surface area contributed by atoms with E-state index in [2.05, 4.69) is 0 Å². The lowest BCUT2D eigenvalue weighted by Crippen LogP contribution is -2.50. The van der Waals surface area contributed by atoms with Crippen molar-refractivity contribution in [3.8, 4) is 5.75 Å². The number of carbonyl (C=O) groups excluding carboxylic acids is 2. The molecule has 0 atom stereocenters.